The molecule has 0 unspecified atom stereocenters. The van der Waals surface area contributed by atoms with Crippen molar-refractivity contribution in [1.29, 1.82) is 0 Å². The maximum atomic E-state index is 11.6. The molecular weight excluding hydrogens is 248 g/mol. The third-order valence-corrected chi connectivity index (χ3v) is 4.84. The van der Waals surface area contributed by atoms with Crippen LogP contribution in [0.5, 0.6) is 0 Å². The van der Waals surface area contributed by atoms with Gasteiger partial charge in [0.15, 0.2) is 0 Å². The van der Waals surface area contributed by atoms with E-state index in [1.165, 1.54) is 12.8 Å². The summed E-state index contributed by atoms with van der Waals surface area (Å²) in [5, 5.41) is 0. The summed E-state index contributed by atoms with van der Waals surface area (Å²) in [5.41, 5.74) is 5.69. The lowest BCUT2D eigenvalue weighted by molar-refractivity contribution is 0.251. The summed E-state index contributed by atoms with van der Waals surface area (Å²) in [5.74, 6) is 0.936. The summed E-state index contributed by atoms with van der Waals surface area (Å²) < 4.78 is 25.8. The number of rotatable bonds is 6. The van der Waals surface area contributed by atoms with Crippen molar-refractivity contribution in [3.63, 3.8) is 0 Å². The summed E-state index contributed by atoms with van der Waals surface area (Å²) >= 11 is 0. The van der Waals surface area contributed by atoms with Crippen molar-refractivity contribution in [2.45, 2.75) is 44.1 Å². The quantitative estimate of drug-likeness (QED) is 0.755. The summed E-state index contributed by atoms with van der Waals surface area (Å²) in [6.45, 7) is 0.417. The van der Waals surface area contributed by atoms with E-state index in [2.05, 4.69) is 4.72 Å². The van der Waals surface area contributed by atoms with Gasteiger partial charge in [-0.2, -0.15) is 0 Å². The zero-order chi connectivity index (χ0) is 10.9. The molecule has 2 aliphatic carbocycles. The second kappa shape index (κ2) is 5.21. The minimum absolute atomic E-state index is 0. The Kier molecular flexibility index (Phi) is 4.63. The third kappa shape index (κ3) is 4.20. The van der Waals surface area contributed by atoms with Crippen LogP contribution in [0.2, 0.25) is 0 Å². The van der Waals surface area contributed by atoms with E-state index in [1.807, 2.05) is 0 Å². The summed E-state index contributed by atoms with van der Waals surface area (Å²) in [7, 11) is -3.08. The average Bonchev–Trinajstić information content (AvgIpc) is 2.92. The first-order chi connectivity index (χ1) is 6.99. The molecule has 4 nitrogen and oxygen atoms in total. The van der Waals surface area contributed by atoms with Gasteiger partial charge in [0.1, 0.15) is 0 Å². The van der Waals surface area contributed by atoms with E-state index >= 15 is 0 Å². The van der Waals surface area contributed by atoms with Crippen LogP contribution >= 0.6 is 12.4 Å². The van der Waals surface area contributed by atoms with Gasteiger partial charge in [0.2, 0.25) is 10.0 Å². The van der Waals surface area contributed by atoms with Crippen molar-refractivity contribution < 1.29 is 8.42 Å². The van der Waals surface area contributed by atoms with Crippen LogP contribution in [0.1, 0.15) is 38.5 Å². The average molecular weight is 269 g/mol. The SMILES string of the molecule is Cl.NC1(CNS(=O)(=O)CCC2CC2)CCC1. The zero-order valence-electron chi connectivity index (χ0n) is 9.44. The molecule has 0 heterocycles. The molecule has 0 aromatic rings. The molecule has 6 heteroatoms. The molecule has 2 saturated carbocycles. The molecule has 2 fully saturated rings. The number of sulfonamides is 1. The Balaban J connectivity index is 0.00000128. The Morgan fingerprint density at radius 1 is 1.31 bits per heavy atom. The minimum Gasteiger partial charge on any atom is -0.324 e. The fourth-order valence-corrected chi connectivity index (χ4v) is 3.16. The monoisotopic (exact) mass is 268 g/mol. The van der Waals surface area contributed by atoms with Gasteiger partial charge in [-0.25, -0.2) is 13.1 Å². The van der Waals surface area contributed by atoms with Crippen LogP contribution in [0.3, 0.4) is 0 Å². The van der Waals surface area contributed by atoms with Gasteiger partial charge >= 0.3 is 0 Å². The summed E-state index contributed by atoms with van der Waals surface area (Å²) in [6, 6.07) is 0. The van der Waals surface area contributed by atoms with Crippen molar-refractivity contribution in [2.75, 3.05) is 12.3 Å². The summed E-state index contributed by atoms with van der Waals surface area (Å²) in [6.07, 6.45) is 6.23. The van der Waals surface area contributed by atoms with Crippen LogP contribution in [-0.2, 0) is 10.0 Å². The van der Waals surface area contributed by atoms with Crippen LogP contribution in [0, 0.1) is 5.92 Å². The highest BCUT2D eigenvalue weighted by molar-refractivity contribution is 7.89. The number of hydrogen-bond donors (Lipinski definition) is 2. The molecule has 0 bridgehead atoms. The molecule has 2 rings (SSSR count). The molecule has 0 radical (unpaired) electrons. The molecule has 0 saturated heterocycles. The molecule has 0 atom stereocenters. The molecule has 0 aromatic carbocycles. The Bertz CT molecular complexity index is 324. The smallest absolute Gasteiger partial charge is 0.211 e. The molecule has 0 amide bonds. The molecule has 0 spiro atoms. The number of halogens is 1. The topological polar surface area (TPSA) is 72.2 Å². The van der Waals surface area contributed by atoms with Crippen molar-refractivity contribution >= 4 is 22.4 Å². The van der Waals surface area contributed by atoms with Crippen molar-refractivity contribution in [1.82, 2.24) is 4.72 Å². The van der Waals surface area contributed by atoms with Gasteiger partial charge in [0, 0.05) is 12.1 Å². The fourth-order valence-electron chi connectivity index (χ4n) is 1.86. The third-order valence-electron chi connectivity index (χ3n) is 3.49. The van der Waals surface area contributed by atoms with E-state index < -0.39 is 10.0 Å². The lowest BCUT2D eigenvalue weighted by Gasteiger charge is -2.38. The lowest BCUT2D eigenvalue weighted by atomic mass is 9.78. The molecule has 0 aromatic heterocycles. The van der Waals surface area contributed by atoms with Gasteiger partial charge in [0.05, 0.1) is 5.75 Å². The van der Waals surface area contributed by atoms with Crippen LogP contribution < -0.4 is 10.5 Å². The molecular formula is C10H21ClN2O2S. The van der Waals surface area contributed by atoms with Crippen molar-refractivity contribution in [3.8, 4) is 0 Å². The molecule has 3 N–H and O–H groups in total. The van der Waals surface area contributed by atoms with E-state index in [0.29, 0.717) is 12.5 Å². The normalized spacial score (nSPS) is 23.3. The Labute approximate surface area is 104 Å². The standard InChI is InChI=1S/C10H20N2O2S.ClH/c11-10(5-1-6-10)8-12-15(13,14)7-4-9-2-3-9;/h9,12H,1-8,11H2;1H. The van der Waals surface area contributed by atoms with Gasteiger partial charge in [-0.3, -0.25) is 0 Å². The Hall–Kier alpha value is 0.160. The van der Waals surface area contributed by atoms with Gasteiger partial charge in [-0.15, -0.1) is 12.4 Å². The maximum Gasteiger partial charge on any atom is 0.211 e. The highest BCUT2D eigenvalue weighted by Gasteiger charge is 2.33. The number of nitrogens with one attached hydrogen (secondary N) is 1. The molecule has 16 heavy (non-hydrogen) atoms. The van der Waals surface area contributed by atoms with Crippen LogP contribution in [0.4, 0.5) is 0 Å². The molecule has 2 aliphatic rings. The second-order valence-corrected chi connectivity index (χ2v) is 7.01. The second-order valence-electron chi connectivity index (χ2n) is 5.09. The Morgan fingerprint density at radius 2 is 1.94 bits per heavy atom. The van der Waals surface area contributed by atoms with Gasteiger partial charge in [-0.05, 0) is 31.6 Å². The van der Waals surface area contributed by atoms with Crippen LogP contribution in [0.15, 0.2) is 0 Å². The largest absolute Gasteiger partial charge is 0.324 e. The molecule has 96 valence electrons. The zero-order valence-corrected chi connectivity index (χ0v) is 11.1. The highest BCUT2D eigenvalue weighted by atomic mass is 35.5. The van der Waals surface area contributed by atoms with Gasteiger partial charge < -0.3 is 5.73 Å². The minimum atomic E-state index is -3.08. The maximum absolute atomic E-state index is 11.6. The van der Waals surface area contributed by atoms with E-state index in [-0.39, 0.29) is 23.7 Å². The highest BCUT2D eigenvalue weighted by Crippen LogP contribution is 2.32. The predicted octanol–water partition coefficient (Wildman–Crippen LogP) is 1.01. The number of hydrogen-bond acceptors (Lipinski definition) is 3. The number of nitrogens with two attached hydrogens (primary N) is 1. The van der Waals surface area contributed by atoms with E-state index in [0.717, 1.165) is 25.7 Å². The fraction of sp³-hybridized carbons (Fsp3) is 1.00. The Morgan fingerprint density at radius 3 is 2.38 bits per heavy atom. The van der Waals surface area contributed by atoms with Crippen LogP contribution in [0.25, 0.3) is 0 Å². The van der Waals surface area contributed by atoms with Crippen molar-refractivity contribution in [2.24, 2.45) is 11.7 Å². The van der Waals surface area contributed by atoms with Crippen LogP contribution in [-0.4, -0.2) is 26.3 Å². The van der Waals surface area contributed by atoms with E-state index in [4.69, 9.17) is 5.73 Å². The van der Waals surface area contributed by atoms with Crippen molar-refractivity contribution in [3.05, 3.63) is 0 Å². The lowest BCUT2D eigenvalue weighted by Crippen LogP contribution is -2.55. The first-order valence-electron chi connectivity index (χ1n) is 5.75. The van der Waals surface area contributed by atoms with E-state index in [1.54, 1.807) is 0 Å². The first-order valence-corrected chi connectivity index (χ1v) is 7.41. The predicted molar refractivity (Wildman–Crippen MR) is 67.1 cm³/mol. The summed E-state index contributed by atoms with van der Waals surface area (Å²) in [4.78, 5) is 0. The van der Waals surface area contributed by atoms with E-state index in [9.17, 15) is 8.42 Å². The van der Waals surface area contributed by atoms with Gasteiger partial charge in [-0.1, -0.05) is 12.8 Å². The first kappa shape index (κ1) is 14.2. The van der Waals surface area contributed by atoms with Gasteiger partial charge in [0.25, 0.3) is 0 Å². The molecule has 0 aliphatic heterocycles.